The van der Waals surface area contributed by atoms with E-state index in [4.69, 9.17) is 4.74 Å². The Morgan fingerprint density at radius 3 is 2.33 bits per heavy atom. The van der Waals surface area contributed by atoms with Gasteiger partial charge in [0, 0.05) is 6.54 Å². The van der Waals surface area contributed by atoms with Gasteiger partial charge in [0.1, 0.15) is 6.61 Å². The highest BCUT2D eigenvalue weighted by Crippen LogP contribution is 2.25. The molecule has 2 N–H and O–H groups in total. The van der Waals surface area contributed by atoms with Gasteiger partial charge in [0.25, 0.3) is 0 Å². The van der Waals surface area contributed by atoms with Crippen molar-refractivity contribution < 1.29 is 19.4 Å². The second kappa shape index (κ2) is 8.42. The predicted octanol–water partition coefficient (Wildman–Crippen LogP) is 2.21. The second-order valence-corrected chi connectivity index (χ2v) is 5.05. The third kappa shape index (κ3) is 5.19. The molecule has 5 heteroatoms. The van der Waals surface area contributed by atoms with E-state index in [-0.39, 0.29) is 19.1 Å². The van der Waals surface area contributed by atoms with Gasteiger partial charge in [-0.05, 0) is 18.4 Å². The molecule has 0 spiro atoms. The highest BCUT2D eigenvalue weighted by Gasteiger charge is 2.35. The molecular weight excluding hydrogens is 270 g/mol. The lowest BCUT2D eigenvalue weighted by Gasteiger charge is -2.26. The van der Waals surface area contributed by atoms with E-state index in [2.05, 4.69) is 5.32 Å². The predicted molar refractivity (Wildman–Crippen MR) is 79.8 cm³/mol. The minimum Gasteiger partial charge on any atom is -0.481 e. The van der Waals surface area contributed by atoms with Crippen molar-refractivity contribution >= 4 is 11.9 Å². The summed E-state index contributed by atoms with van der Waals surface area (Å²) < 4.78 is 5.31. The summed E-state index contributed by atoms with van der Waals surface area (Å²) in [6.07, 6.45) is 0.952. The number of rotatable bonds is 9. The Morgan fingerprint density at radius 1 is 1.19 bits per heavy atom. The van der Waals surface area contributed by atoms with E-state index >= 15 is 0 Å². The van der Waals surface area contributed by atoms with Gasteiger partial charge in [0.15, 0.2) is 0 Å². The van der Waals surface area contributed by atoms with Crippen LogP contribution in [-0.4, -0.2) is 30.1 Å². The number of hydrogen-bond acceptors (Lipinski definition) is 3. The van der Waals surface area contributed by atoms with Crippen molar-refractivity contribution in [3.63, 3.8) is 0 Å². The smallest absolute Gasteiger partial charge is 0.311 e. The number of carbonyl (C=O) groups excluding carboxylic acids is 1. The summed E-state index contributed by atoms with van der Waals surface area (Å²) in [4.78, 5) is 23.0. The Kier molecular flexibility index (Phi) is 6.88. The first-order valence-electron chi connectivity index (χ1n) is 7.16. The molecular formula is C16H23NO4. The zero-order valence-electron chi connectivity index (χ0n) is 12.6. The van der Waals surface area contributed by atoms with Gasteiger partial charge in [-0.3, -0.25) is 9.59 Å². The molecule has 0 radical (unpaired) electrons. The molecule has 0 aromatic heterocycles. The summed E-state index contributed by atoms with van der Waals surface area (Å²) in [5.41, 5.74) is 0.0991. The van der Waals surface area contributed by atoms with Gasteiger partial charge in [-0.15, -0.1) is 0 Å². The van der Waals surface area contributed by atoms with Crippen LogP contribution in [0.1, 0.15) is 32.3 Å². The molecule has 21 heavy (non-hydrogen) atoms. The first-order valence-corrected chi connectivity index (χ1v) is 7.16. The summed E-state index contributed by atoms with van der Waals surface area (Å²) >= 11 is 0. The van der Waals surface area contributed by atoms with Gasteiger partial charge in [0.05, 0.1) is 12.0 Å². The Balaban J connectivity index is 2.35. The van der Waals surface area contributed by atoms with Crippen molar-refractivity contribution in [2.24, 2.45) is 5.41 Å². The second-order valence-electron chi connectivity index (χ2n) is 5.05. The van der Waals surface area contributed by atoms with E-state index in [0.29, 0.717) is 19.4 Å². The zero-order valence-corrected chi connectivity index (χ0v) is 12.6. The summed E-state index contributed by atoms with van der Waals surface area (Å²) in [5, 5.41) is 11.9. The SMILES string of the molecule is CCC(CC)(CNC(=O)COCc1ccccc1)C(=O)O. The molecule has 0 aliphatic carbocycles. The average Bonchev–Trinajstić information content (AvgIpc) is 2.49. The van der Waals surface area contributed by atoms with Crippen molar-refractivity contribution in [1.82, 2.24) is 5.32 Å². The van der Waals surface area contributed by atoms with Crippen LogP contribution in [-0.2, 0) is 20.9 Å². The molecule has 1 aromatic carbocycles. The van der Waals surface area contributed by atoms with Crippen molar-refractivity contribution in [2.45, 2.75) is 33.3 Å². The van der Waals surface area contributed by atoms with Crippen LogP contribution in [0.5, 0.6) is 0 Å². The summed E-state index contributed by atoms with van der Waals surface area (Å²) in [7, 11) is 0. The lowest BCUT2D eigenvalue weighted by Crippen LogP contribution is -2.43. The van der Waals surface area contributed by atoms with Crippen molar-refractivity contribution in [3.05, 3.63) is 35.9 Å². The van der Waals surface area contributed by atoms with Gasteiger partial charge in [-0.25, -0.2) is 0 Å². The van der Waals surface area contributed by atoms with Crippen molar-refractivity contribution in [3.8, 4) is 0 Å². The van der Waals surface area contributed by atoms with E-state index in [1.807, 2.05) is 44.2 Å². The number of carbonyl (C=O) groups is 2. The van der Waals surface area contributed by atoms with Crippen LogP contribution in [0.15, 0.2) is 30.3 Å². The largest absolute Gasteiger partial charge is 0.481 e. The van der Waals surface area contributed by atoms with E-state index < -0.39 is 11.4 Å². The Hall–Kier alpha value is -1.88. The highest BCUT2D eigenvalue weighted by atomic mass is 16.5. The summed E-state index contributed by atoms with van der Waals surface area (Å²) in [5.74, 6) is -1.17. The van der Waals surface area contributed by atoms with E-state index in [1.165, 1.54) is 0 Å². The van der Waals surface area contributed by atoms with Gasteiger partial charge in [0.2, 0.25) is 5.91 Å². The third-order valence-electron chi connectivity index (χ3n) is 3.78. The fourth-order valence-electron chi connectivity index (χ4n) is 2.03. The molecule has 116 valence electrons. The minimum absolute atomic E-state index is 0.0714. The molecule has 0 aliphatic rings. The number of carboxylic acids is 1. The Bertz CT molecular complexity index is 455. The van der Waals surface area contributed by atoms with Crippen LogP contribution < -0.4 is 5.32 Å². The number of ether oxygens (including phenoxy) is 1. The lowest BCUT2D eigenvalue weighted by atomic mass is 9.82. The van der Waals surface area contributed by atoms with E-state index in [0.717, 1.165) is 5.56 Å². The minimum atomic E-state index is -0.894. The normalized spacial score (nSPS) is 11.1. The maximum Gasteiger partial charge on any atom is 0.311 e. The quantitative estimate of drug-likeness (QED) is 0.732. The maximum atomic E-state index is 11.7. The molecule has 1 amide bonds. The molecule has 0 heterocycles. The molecule has 0 saturated heterocycles. The van der Waals surface area contributed by atoms with Gasteiger partial charge >= 0.3 is 5.97 Å². The van der Waals surface area contributed by atoms with Crippen molar-refractivity contribution in [2.75, 3.05) is 13.2 Å². The number of nitrogens with one attached hydrogen (secondary N) is 1. The first kappa shape index (κ1) is 17.2. The summed E-state index contributed by atoms with van der Waals surface area (Å²) in [6.45, 7) is 4.05. The lowest BCUT2D eigenvalue weighted by molar-refractivity contribution is -0.149. The van der Waals surface area contributed by atoms with Gasteiger partial charge < -0.3 is 15.2 Å². The fraction of sp³-hybridized carbons (Fsp3) is 0.500. The Morgan fingerprint density at radius 2 is 1.81 bits per heavy atom. The molecule has 0 fully saturated rings. The number of amides is 1. The van der Waals surface area contributed by atoms with Crippen LogP contribution in [0.4, 0.5) is 0 Å². The molecule has 1 aromatic rings. The van der Waals surface area contributed by atoms with Gasteiger partial charge in [-0.1, -0.05) is 44.2 Å². The van der Waals surface area contributed by atoms with Crippen LogP contribution in [0.25, 0.3) is 0 Å². The molecule has 0 aliphatic heterocycles. The molecule has 0 bridgehead atoms. The van der Waals surface area contributed by atoms with E-state index in [1.54, 1.807) is 0 Å². The van der Waals surface area contributed by atoms with Crippen LogP contribution in [0, 0.1) is 5.41 Å². The first-order chi connectivity index (χ1) is 10.0. The number of carboxylic acid groups (broad SMARTS) is 1. The topological polar surface area (TPSA) is 75.6 Å². The highest BCUT2D eigenvalue weighted by molar-refractivity contribution is 5.79. The monoisotopic (exact) mass is 293 g/mol. The summed E-state index contributed by atoms with van der Waals surface area (Å²) in [6, 6.07) is 9.56. The fourth-order valence-corrected chi connectivity index (χ4v) is 2.03. The molecule has 5 nitrogen and oxygen atoms in total. The zero-order chi connectivity index (χ0) is 15.7. The molecule has 1 rings (SSSR count). The van der Waals surface area contributed by atoms with Crippen LogP contribution in [0.3, 0.4) is 0 Å². The number of aliphatic carboxylic acids is 1. The number of benzene rings is 1. The van der Waals surface area contributed by atoms with Crippen LogP contribution in [0.2, 0.25) is 0 Å². The van der Waals surface area contributed by atoms with E-state index in [9.17, 15) is 14.7 Å². The standard InChI is InChI=1S/C16H23NO4/c1-3-16(4-2,15(19)20)12-17-14(18)11-21-10-13-8-6-5-7-9-13/h5-9H,3-4,10-12H2,1-2H3,(H,17,18)(H,19,20). The third-order valence-corrected chi connectivity index (χ3v) is 3.78. The van der Waals surface area contributed by atoms with Crippen LogP contribution >= 0.6 is 0 Å². The molecule has 0 atom stereocenters. The number of hydrogen-bond donors (Lipinski definition) is 2. The van der Waals surface area contributed by atoms with Crippen molar-refractivity contribution in [1.29, 1.82) is 0 Å². The molecule has 0 unspecified atom stereocenters. The Labute approximate surface area is 125 Å². The maximum absolute atomic E-state index is 11.7. The molecule has 0 saturated carbocycles. The van der Waals surface area contributed by atoms with Gasteiger partial charge in [-0.2, -0.15) is 0 Å². The average molecular weight is 293 g/mol.